The Morgan fingerprint density at radius 1 is 0.964 bits per heavy atom. The van der Waals surface area contributed by atoms with Crippen LogP contribution in [0.3, 0.4) is 0 Å². The average molecular weight is 383 g/mol. The lowest BCUT2D eigenvalue weighted by molar-refractivity contribution is 0.264. The molecule has 1 N–H and O–H groups in total. The van der Waals surface area contributed by atoms with Crippen LogP contribution in [-0.2, 0) is 13.1 Å². The molecule has 2 fully saturated rings. The Labute approximate surface area is 166 Å². The SMILES string of the molecule is O=c1occ(CN2CCCCCC2)c(O)c1CN1CCC(c2ccccc2)C1. The molecule has 5 heteroatoms. The Morgan fingerprint density at radius 3 is 2.46 bits per heavy atom. The molecule has 150 valence electrons. The zero-order valence-electron chi connectivity index (χ0n) is 16.5. The fourth-order valence-corrected chi connectivity index (χ4v) is 4.53. The van der Waals surface area contributed by atoms with Crippen LogP contribution >= 0.6 is 0 Å². The van der Waals surface area contributed by atoms with Gasteiger partial charge in [-0.05, 0) is 50.4 Å². The fourth-order valence-electron chi connectivity index (χ4n) is 4.53. The lowest BCUT2D eigenvalue weighted by atomic mass is 9.99. The largest absolute Gasteiger partial charge is 0.507 e. The monoisotopic (exact) mass is 382 g/mol. The zero-order valence-corrected chi connectivity index (χ0v) is 16.5. The molecule has 3 heterocycles. The van der Waals surface area contributed by atoms with E-state index >= 15 is 0 Å². The van der Waals surface area contributed by atoms with Crippen LogP contribution < -0.4 is 5.63 Å². The number of rotatable bonds is 5. The normalized spacial score (nSPS) is 21.6. The van der Waals surface area contributed by atoms with Gasteiger partial charge in [0.15, 0.2) is 0 Å². The number of aromatic hydroxyl groups is 1. The highest BCUT2D eigenvalue weighted by molar-refractivity contribution is 5.36. The quantitative estimate of drug-likeness (QED) is 0.854. The van der Waals surface area contributed by atoms with Gasteiger partial charge in [0.2, 0.25) is 0 Å². The van der Waals surface area contributed by atoms with Gasteiger partial charge in [-0.25, -0.2) is 4.79 Å². The first-order chi connectivity index (χ1) is 13.7. The molecule has 4 rings (SSSR count). The number of hydrogen-bond donors (Lipinski definition) is 1. The molecule has 0 spiro atoms. The van der Waals surface area contributed by atoms with Crippen LogP contribution in [0.2, 0.25) is 0 Å². The van der Waals surface area contributed by atoms with E-state index in [1.54, 1.807) is 0 Å². The second kappa shape index (κ2) is 8.93. The Morgan fingerprint density at radius 2 is 1.71 bits per heavy atom. The predicted octanol–water partition coefficient (Wildman–Crippen LogP) is 3.71. The maximum atomic E-state index is 12.3. The number of nitrogens with zero attached hydrogens (tertiary/aromatic N) is 2. The molecule has 2 aliphatic heterocycles. The standard InChI is InChI=1S/C23H30N2O3/c26-22-20(15-24-11-6-1-2-7-12-24)17-28-23(27)21(22)16-25-13-10-19(14-25)18-8-4-3-5-9-18/h3-5,8-9,17,19,26H,1-2,6-7,10-16H2. The summed E-state index contributed by atoms with van der Waals surface area (Å²) in [6.45, 7) is 5.01. The van der Waals surface area contributed by atoms with Crippen LogP contribution in [0.1, 0.15) is 54.7 Å². The highest BCUT2D eigenvalue weighted by atomic mass is 16.4. The Balaban J connectivity index is 1.45. The minimum atomic E-state index is -0.416. The van der Waals surface area contributed by atoms with Crippen molar-refractivity contribution in [3.05, 3.63) is 63.7 Å². The van der Waals surface area contributed by atoms with Crippen molar-refractivity contribution in [3.63, 3.8) is 0 Å². The highest BCUT2D eigenvalue weighted by Crippen LogP contribution is 2.30. The van der Waals surface area contributed by atoms with Crippen molar-refractivity contribution < 1.29 is 9.52 Å². The van der Waals surface area contributed by atoms with Gasteiger partial charge in [-0.1, -0.05) is 43.2 Å². The maximum absolute atomic E-state index is 12.3. The summed E-state index contributed by atoms with van der Waals surface area (Å²) >= 11 is 0. The summed E-state index contributed by atoms with van der Waals surface area (Å²) in [7, 11) is 0. The van der Waals surface area contributed by atoms with Crippen LogP contribution in [0.4, 0.5) is 0 Å². The summed E-state index contributed by atoms with van der Waals surface area (Å²) in [6, 6.07) is 10.5. The molecular weight excluding hydrogens is 352 g/mol. The van der Waals surface area contributed by atoms with Crippen LogP contribution in [0.25, 0.3) is 0 Å². The van der Waals surface area contributed by atoms with Crippen LogP contribution in [0.15, 0.2) is 45.8 Å². The summed E-state index contributed by atoms with van der Waals surface area (Å²) in [5.41, 5.74) is 2.06. The van der Waals surface area contributed by atoms with Gasteiger partial charge in [-0.2, -0.15) is 0 Å². The van der Waals surface area contributed by atoms with Gasteiger partial charge >= 0.3 is 5.63 Å². The van der Waals surface area contributed by atoms with E-state index in [2.05, 4.69) is 34.1 Å². The van der Waals surface area contributed by atoms with E-state index in [9.17, 15) is 9.90 Å². The summed E-state index contributed by atoms with van der Waals surface area (Å²) in [5, 5.41) is 10.8. The lowest BCUT2D eigenvalue weighted by Gasteiger charge is -2.21. The smallest absolute Gasteiger partial charge is 0.343 e. The van der Waals surface area contributed by atoms with Gasteiger partial charge in [-0.3, -0.25) is 9.80 Å². The molecule has 1 aromatic carbocycles. The van der Waals surface area contributed by atoms with Crippen molar-refractivity contribution in [2.24, 2.45) is 0 Å². The number of benzene rings is 1. The first kappa shape index (κ1) is 19.2. The third kappa shape index (κ3) is 4.47. The Kier molecular flexibility index (Phi) is 6.13. The minimum absolute atomic E-state index is 0.128. The van der Waals surface area contributed by atoms with Gasteiger partial charge < -0.3 is 9.52 Å². The van der Waals surface area contributed by atoms with E-state index in [1.165, 1.54) is 37.5 Å². The summed E-state index contributed by atoms with van der Waals surface area (Å²) in [6.07, 6.45) is 7.45. The molecule has 2 aliphatic rings. The topological polar surface area (TPSA) is 56.9 Å². The Hall–Kier alpha value is -2.11. The Bertz CT molecular complexity index is 825. The fraction of sp³-hybridized carbons (Fsp3) is 0.522. The summed E-state index contributed by atoms with van der Waals surface area (Å²) < 4.78 is 5.30. The molecule has 5 nitrogen and oxygen atoms in total. The van der Waals surface area contributed by atoms with Gasteiger partial charge in [0.05, 0.1) is 5.56 Å². The molecule has 2 saturated heterocycles. The second-order valence-electron chi connectivity index (χ2n) is 8.20. The highest BCUT2D eigenvalue weighted by Gasteiger charge is 2.26. The first-order valence-corrected chi connectivity index (χ1v) is 10.5. The molecule has 0 aliphatic carbocycles. The average Bonchev–Trinajstić information content (AvgIpc) is 3.04. The van der Waals surface area contributed by atoms with Gasteiger partial charge in [-0.15, -0.1) is 0 Å². The molecule has 1 aromatic heterocycles. The molecule has 1 atom stereocenters. The molecule has 0 amide bonds. The summed E-state index contributed by atoms with van der Waals surface area (Å²) in [5.74, 6) is 0.610. The lowest BCUT2D eigenvalue weighted by Crippen LogP contribution is -2.26. The van der Waals surface area contributed by atoms with E-state index in [0.717, 1.165) is 38.2 Å². The van der Waals surface area contributed by atoms with Crippen LogP contribution in [0.5, 0.6) is 5.75 Å². The molecular formula is C23H30N2O3. The van der Waals surface area contributed by atoms with Crippen molar-refractivity contribution >= 4 is 0 Å². The van der Waals surface area contributed by atoms with E-state index < -0.39 is 5.63 Å². The second-order valence-corrected chi connectivity index (χ2v) is 8.20. The van der Waals surface area contributed by atoms with Crippen LogP contribution in [-0.4, -0.2) is 41.1 Å². The summed E-state index contributed by atoms with van der Waals surface area (Å²) in [4.78, 5) is 16.9. The van der Waals surface area contributed by atoms with Crippen LogP contribution in [0, 0.1) is 0 Å². The maximum Gasteiger partial charge on any atom is 0.343 e. The van der Waals surface area contributed by atoms with Gasteiger partial charge in [0, 0.05) is 25.2 Å². The van der Waals surface area contributed by atoms with Crippen molar-refractivity contribution in [1.82, 2.24) is 9.80 Å². The van der Waals surface area contributed by atoms with Gasteiger partial charge in [0.1, 0.15) is 12.0 Å². The third-order valence-corrected chi connectivity index (χ3v) is 6.16. The van der Waals surface area contributed by atoms with E-state index in [-0.39, 0.29) is 5.75 Å². The third-order valence-electron chi connectivity index (χ3n) is 6.16. The van der Waals surface area contributed by atoms with Crippen molar-refractivity contribution in [2.45, 2.75) is 51.1 Å². The van der Waals surface area contributed by atoms with Gasteiger partial charge in [0.25, 0.3) is 0 Å². The molecule has 0 radical (unpaired) electrons. The predicted molar refractivity (Wildman–Crippen MR) is 109 cm³/mol. The molecule has 2 aromatic rings. The first-order valence-electron chi connectivity index (χ1n) is 10.5. The molecule has 0 bridgehead atoms. The van der Waals surface area contributed by atoms with Crippen molar-refractivity contribution in [3.8, 4) is 5.75 Å². The molecule has 1 unspecified atom stereocenters. The van der Waals surface area contributed by atoms with Crippen molar-refractivity contribution in [1.29, 1.82) is 0 Å². The van der Waals surface area contributed by atoms with E-state index in [1.807, 2.05) is 6.07 Å². The molecule has 0 saturated carbocycles. The number of hydrogen-bond acceptors (Lipinski definition) is 5. The minimum Gasteiger partial charge on any atom is -0.507 e. The number of likely N-dealkylation sites (tertiary alicyclic amines) is 2. The van der Waals surface area contributed by atoms with E-state index in [4.69, 9.17) is 4.42 Å². The van der Waals surface area contributed by atoms with E-state index in [0.29, 0.717) is 24.6 Å². The zero-order chi connectivity index (χ0) is 19.3. The van der Waals surface area contributed by atoms with Crippen molar-refractivity contribution in [2.75, 3.05) is 26.2 Å². The molecule has 28 heavy (non-hydrogen) atoms.